The second-order valence-corrected chi connectivity index (χ2v) is 9.71. The van der Waals surface area contributed by atoms with Crippen LogP contribution in [0.1, 0.15) is 32.3 Å². The van der Waals surface area contributed by atoms with Gasteiger partial charge in [-0.25, -0.2) is 14.6 Å². The molecule has 9 heteroatoms. The molecule has 0 unspecified atom stereocenters. The van der Waals surface area contributed by atoms with Gasteiger partial charge in [0.2, 0.25) is 5.91 Å². The van der Waals surface area contributed by atoms with Gasteiger partial charge in [0.15, 0.2) is 10.8 Å². The summed E-state index contributed by atoms with van der Waals surface area (Å²) in [4.78, 5) is 24.3. The maximum absolute atomic E-state index is 12.4. The van der Waals surface area contributed by atoms with Crippen molar-refractivity contribution in [2.75, 3.05) is 31.6 Å². The van der Waals surface area contributed by atoms with Crippen molar-refractivity contribution in [2.24, 2.45) is 0 Å². The summed E-state index contributed by atoms with van der Waals surface area (Å²) in [5.74, 6) is 1.74. The zero-order valence-electron chi connectivity index (χ0n) is 18.9. The summed E-state index contributed by atoms with van der Waals surface area (Å²) in [5.41, 5.74) is 1.78. The third-order valence-electron chi connectivity index (χ3n) is 5.37. The summed E-state index contributed by atoms with van der Waals surface area (Å²) in [6.07, 6.45) is 4.56. The van der Waals surface area contributed by atoms with E-state index in [1.165, 1.54) is 12.8 Å². The number of carbonyl (C=O) groups excluding carboxylic acids is 1. The molecule has 4 rings (SSSR count). The van der Waals surface area contributed by atoms with Crippen molar-refractivity contribution >= 4 is 34.5 Å². The first kappa shape index (κ1) is 22.4. The number of nitrogens with one attached hydrogen (secondary N) is 1. The molecule has 1 aliphatic heterocycles. The van der Waals surface area contributed by atoms with Crippen molar-refractivity contribution in [1.29, 1.82) is 0 Å². The Balaban J connectivity index is 1.44. The number of hydrogen-bond donors (Lipinski definition) is 1. The topological polar surface area (TPSA) is 85.2 Å². The quantitative estimate of drug-likeness (QED) is 0.392. The van der Waals surface area contributed by atoms with Gasteiger partial charge in [-0.05, 0) is 30.5 Å². The van der Waals surface area contributed by atoms with E-state index in [1.807, 2.05) is 35.1 Å². The number of nitrogens with zero attached hydrogens (tertiary/aromatic N) is 5. The molecule has 0 bridgehead atoms. The first-order chi connectivity index (χ1) is 15.5. The van der Waals surface area contributed by atoms with Crippen molar-refractivity contribution in [3.63, 3.8) is 0 Å². The van der Waals surface area contributed by atoms with E-state index in [0.29, 0.717) is 24.8 Å². The highest BCUT2D eigenvalue weighted by Crippen LogP contribution is 2.30. The van der Waals surface area contributed by atoms with Crippen LogP contribution in [-0.2, 0) is 17.8 Å². The Hall–Kier alpha value is -2.81. The van der Waals surface area contributed by atoms with Crippen LogP contribution in [0.5, 0.6) is 5.75 Å². The van der Waals surface area contributed by atoms with Gasteiger partial charge < -0.3 is 15.0 Å². The van der Waals surface area contributed by atoms with Crippen LogP contribution in [0.2, 0.25) is 0 Å². The molecule has 0 atom stereocenters. The third-order valence-corrected chi connectivity index (χ3v) is 6.24. The highest BCUT2D eigenvalue weighted by atomic mass is 32.2. The minimum Gasteiger partial charge on any atom is -0.497 e. The van der Waals surface area contributed by atoms with Crippen LogP contribution in [0, 0.1) is 0 Å². The van der Waals surface area contributed by atoms with Crippen molar-refractivity contribution in [1.82, 2.24) is 25.1 Å². The van der Waals surface area contributed by atoms with Crippen LogP contribution in [0.3, 0.4) is 0 Å². The number of methoxy groups -OCH3 is 1. The maximum atomic E-state index is 12.4. The van der Waals surface area contributed by atoms with Crippen molar-refractivity contribution in [3.05, 3.63) is 36.0 Å². The molecular formula is C23H30N6O2S. The fourth-order valence-corrected chi connectivity index (χ4v) is 4.51. The predicted octanol–water partition coefficient (Wildman–Crippen LogP) is 3.29. The van der Waals surface area contributed by atoms with Crippen LogP contribution in [0.25, 0.3) is 11.0 Å². The van der Waals surface area contributed by atoms with Crippen molar-refractivity contribution in [2.45, 2.75) is 50.1 Å². The summed E-state index contributed by atoms with van der Waals surface area (Å²) in [6.45, 7) is 7.36. The van der Waals surface area contributed by atoms with Gasteiger partial charge in [-0.3, -0.25) is 4.79 Å². The molecule has 0 aliphatic carbocycles. The molecule has 170 valence electrons. The van der Waals surface area contributed by atoms with E-state index in [4.69, 9.17) is 14.7 Å². The van der Waals surface area contributed by atoms with Gasteiger partial charge in [0.05, 0.1) is 31.7 Å². The Labute approximate surface area is 192 Å². The highest BCUT2D eigenvalue weighted by Gasteiger charge is 2.21. The van der Waals surface area contributed by atoms with Crippen LogP contribution < -0.4 is 15.0 Å². The number of anilines is 1. The molecule has 0 radical (unpaired) electrons. The van der Waals surface area contributed by atoms with Crippen LogP contribution >= 0.6 is 11.8 Å². The number of hydrogen-bond acceptors (Lipinski definition) is 7. The molecule has 3 aromatic rings. The van der Waals surface area contributed by atoms with E-state index in [-0.39, 0.29) is 5.91 Å². The van der Waals surface area contributed by atoms with E-state index in [0.717, 1.165) is 46.4 Å². The molecule has 1 N–H and O–H groups in total. The molecule has 2 aromatic heterocycles. The molecular weight excluding hydrogens is 424 g/mol. The molecule has 1 aliphatic rings. The number of carbonyl (C=O) groups is 1. The molecule has 3 heterocycles. The third kappa shape index (κ3) is 5.32. The molecule has 1 aromatic carbocycles. The smallest absolute Gasteiger partial charge is 0.224 e. The van der Waals surface area contributed by atoms with E-state index < -0.39 is 0 Å². The predicted molar refractivity (Wildman–Crippen MR) is 127 cm³/mol. The van der Waals surface area contributed by atoms with Crippen molar-refractivity contribution in [3.8, 4) is 5.75 Å². The zero-order chi connectivity index (χ0) is 22.5. The van der Waals surface area contributed by atoms with Crippen LogP contribution in [0.15, 0.2) is 35.6 Å². The van der Waals surface area contributed by atoms with Gasteiger partial charge in [-0.2, -0.15) is 5.10 Å². The molecule has 1 fully saturated rings. The average molecular weight is 455 g/mol. The van der Waals surface area contributed by atoms with Gasteiger partial charge in [0.25, 0.3) is 0 Å². The van der Waals surface area contributed by atoms with Gasteiger partial charge in [0, 0.05) is 24.9 Å². The van der Waals surface area contributed by atoms with Crippen LogP contribution in [-0.4, -0.2) is 57.6 Å². The standard InChI is InChI=1S/C23H30N6O2S/c1-16(2)32-23-26-21(28-11-4-5-12-28)19-15-25-29(22(19)27-23)13-10-24-20(30)14-17-6-8-18(31-3)9-7-17/h6-9,15-16H,4-5,10-14H2,1-3H3,(H,24,30). The van der Waals surface area contributed by atoms with Crippen molar-refractivity contribution < 1.29 is 9.53 Å². The lowest BCUT2D eigenvalue weighted by atomic mass is 10.1. The Bertz CT molecular complexity index is 1060. The second-order valence-electron chi connectivity index (χ2n) is 8.17. The fourth-order valence-electron chi connectivity index (χ4n) is 3.81. The number of amides is 1. The summed E-state index contributed by atoms with van der Waals surface area (Å²) < 4.78 is 7.03. The SMILES string of the molecule is COc1ccc(CC(=O)NCCn2ncc3c(N4CCCC4)nc(SC(C)C)nc32)cc1. The molecule has 0 spiro atoms. The summed E-state index contributed by atoms with van der Waals surface area (Å²) >= 11 is 1.66. The first-order valence-electron chi connectivity index (χ1n) is 11.1. The summed E-state index contributed by atoms with van der Waals surface area (Å²) in [5, 5.41) is 9.70. The van der Waals surface area contributed by atoms with Gasteiger partial charge >= 0.3 is 0 Å². The number of aromatic nitrogens is 4. The van der Waals surface area contributed by atoms with Crippen LogP contribution in [0.4, 0.5) is 5.82 Å². The average Bonchev–Trinajstić information content (AvgIpc) is 3.44. The Morgan fingerprint density at radius 1 is 1.19 bits per heavy atom. The fraction of sp³-hybridized carbons (Fsp3) is 0.478. The second kappa shape index (κ2) is 10.2. The monoisotopic (exact) mass is 454 g/mol. The summed E-state index contributed by atoms with van der Waals surface area (Å²) in [6, 6.07) is 7.54. The Morgan fingerprint density at radius 3 is 2.62 bits per heavy atom. The maximum Gasteiger partial charge on any atom is 0.224 e. The lowest BCUT2D eigenvalue weighted by Crippen LogP contribution is -2.29. The normalized spacial score (nSPS) is 13.8. The lowest BCUT2D eigenvalue weighted by Gasteiger charge is -2.18. The lowest BCUT2D eigenvalue weighted by molar-refractivity contribution is -0.120. The summed E-state index contributed by atoms with van der Waals surface area (Å²) in [7, 11) is 1.63. The number of ether oxygens (including phenoxy) is 1. The Morgan fingerprint density at radius 2 is 1.94 bits per heavy atom. The molecule has 32 heavy (non-hydrogen) atoms. The number of thioether (sulfide) groups is 1. The molecule has 0 saturated carbocycles. The Kier molecular flexibility index (Phi) is 7.14. The van der Waals surface area contributed by atoms with Gasteiger partial charge in [0.1, 0.15) is 11.6 Å². The van der Waals surface area contributed by atoms with E-state index in [9.17, 15) is 4.79 Å². The molecule has 1 amide bonds. The minimum absolute atomic E-state index is 0.0185. The highest BCUT2D eigenvalue weighted by molar-refractivity contribution is 7.99. The van der Waals surface area contributed by atoms with E-state index >= 15 is 0 Å². The minimum atomic E-state index is -0.0185. The molecule has 8 nitrogen and oxygen atoms in total. The zero-order valence-corrected chi connectivity index (χ0v) is 19.7. The number of rotatable bonds is 9. The number of benzene rings is 1. The van der Waals surface area contributed by atoms with Gasteiger partial charge in [-0.15, -0.1) is 0 Å². The van der Waals surface area contributed by atoms with E-state index in [1.54, 1.807) is 18.9 Å². The molecule has 1 saturated heterocycles. The first-order valence-corrected chi connectivity index (χ1v) is 12.0. The van der Waals surface area contributed by atoms with Gasteiger partial charge in [-0.1, -0.05) is 37.7 Å². The largest absolute Gasteiger partial charge is 0.497 e. The number of fused-ring (bicyclic) bond motifs is 1. The van der Waals surface area contributed by atoms with E-state index in [2.05, 4.69) is 29.2 Å².